The van der Waals surface area contributed by atoms with Gasteiger partial charge in [0.05, 0.1) is 12.2 Å². The maximum absolute atomic E-state index is 10.7. The highest BCUT2D eigenvalue weighted by molar-refractivity contribution is 5.72. The Labute approximate surface area is 78.5 Å². The molecule has 0 unspecified atom stereocenters. The number of hydrogen-bond donors (Lipinski definition) is 1. The Kier molecular flexibility index (Phi) is 3.27. The summed E-state index contributed by atoms with van der Waals surface area (Å²) in [6, 6.07) is -0.409. The van der Waals surface area contributed by atoms with E-state index in [2.05, 4.69) is 0 Å². The highest BCUT2D eigenvalue weighted by Gasteiger charge is 2.28. The first-order valence-electron chi connectivity index (χ1n) is 4.63. The molecule has 0 bridgehead atoms. The number of rotatable bonds is 2. The van der Waals surface area contributed by atoms with Gasteiger partial charge in [0.2, 0.25) is 0 Å². The molecule has 1 aliphatic rings. The molecule has 0 saturated carbocycles. The van der Waals surface area contributed by atoms with Crippen LogP contribution in [0.1, 0.15) is 20.8 Å². The van der Waals surface area contributed by atoms with E-state index < -0.39 is 12.0 Å². The lowest BCUT2D eigenvalue weighted by atomic mass is 10.2. The van der Waals surface area contributed by atoms with Gasteiger partial charge in [-0.15, -0.1) is 0 Å². The number of nitrogens with zero attached hydrogens (tertiary/aromatic N) is 1. The molecule has 0 aliphatic carbocycles. The number of ether oxygens (including phenoxy) is 1. The van der Waals surface area contributed by atoms with Crippen LogP contribution in [-0.2, 0) is 9.53 Å². The normalized spacial score (nSPS) is 32.8. The largest absolute Gasteiger partial charge is 0.480 e. The SMILES string of the molecule is C[C@@H]1CN([C@@H](C)C(=O)O)C[C@H](C)O1. The monoisotopic (exact) mass is 187 g/mol. The minimum atomic E-state index is -0.763. The van der Waals surface area contributed by atoms with Crippen LogP contribution in [0.3, 0.4) is 0 Å². The highest BCUT2D eigenvalue weighted by atomic mass is 16.5. The van der Waals surface area contributed by atoms with Crippen molar-refractivity contribution in [1.29, 1.82) is 0 Å². The third-order valence-electron chi connectivity index (χ3n) is 2.35. The number of hydrogen-bond acceptors (Lipinski definition) is 3. The van der Waals surface area contributed by atoms with Gasteiger partial charge in [0.1, 0.15) is 6.04 Å². The summed E-state index contributed by atoms with van der Waals surface area (Å²) in [4.78, 5) is 12.7. The predicted molar refractivity (Wildman–Crippen MR) is 48.7 cm³/mol. The Bertz CT molecular complexity index is 185. The van der Waals surface area contributed by atoms with Crippen LogP contribution < -0.4 is 0 Å². The summed E-state index contributed by atoms with van der Waals surface area (Å²) in [6.07, 6.45) is 0.260. The molecule has 1 saturated heterocycles. The summed E-state index contributed by atoms with van der Waals surface area (Å²) in [7, 11) is 0. The first-order chi connectivity index (χ1) is 6.00. The molecule has 1 fully saturated rings. The van der Waals surface area contributed by atoms with Crippen LogP contribution in [0.15, 0.2) is 0 Å². The topological polar surface area (TPSA) is 49.8 Å². The Morgan fingerprint density at radius 3 is 2.31 bits per heavy atom. The second-order valence-electron chi connectivity index (χ2n) is 3.73. The average molecular weight is 187 g/mol. The molecule has 13 heavy (non-hydrogen) atoms. The fraction of sp³-hybridized carbons (Fsp3) is 0.889. The van der Waals surface area contributed by atoms with E-state index in [4.69, 9.17) is 9.84 Å². The maximum Gasteiger partial charge on any atom is 0.320 e. The first kappa shape index (κ1) is 10.5. The Morgan fingerprint density at radius 2 is 1.92 bits per heavy atom. The molecule has 0 aromatic rings. The Morgan fingerprint density at radius 1 is 1.46 bits per heavy atom. The van der Waals surface area contributed by atoms with Gasteiger partial charge < -0.3 is 9.84 Å². The van der Waals surface area contributed by atoms with Crippen LogP contribution in [0.4, 0.5) is 0 Å². The molecule has 1 aliphatic heterocycles. The molecule has 0 amide bonds. The van der Waals surface area contributed by atoms with Crippen molar-refractivity contribution in [2.24, 2.45) is 0 Å². The zero-order chi connectivity index (χ0) is 10.0. The quantitative estimate of drug-likeness (QED) is 0.686. The molecular formula is C9H17NO3. The standard InChI is InChI=1S/C9H17NO3/c1-6-4-10(5-7(2)13-6)8(3)9(11)12/h6-8H,4-5H2,1-3H3,(H,11,12)/t6-,7+,8-/m0/s1. The van der Waals surface area contributed by atoms with Gasteiger partial charge in [-0.1, -0.05) is 0 Å². The smallest absolute Gasteiger partial charge is 0.320 e. The molecule has 1 N–H and O–H groups in total. The molecule has 1 heterocycles. The van der Waals surface area contributed by atoms with Crippen LogP contribution in [0.25, 0.3) is 0 Å². The fourth-order valence-electron chi connectivity index (χ4n) is 1.69. The van der Waals surface area contributed by atoms with Gasteiger partial charge in [-0.3, -0.25) is 9.69 Å². The molecule has 1 rings (SSSR count). The van der Waals surface area contributed by atoms with E-state index in [0.29, 0.717) is 13.1 Å². The van der Waals surface area contributed by atoms with Crippen molar-refractivity contribution in [3.8, 4) is 0 Å². The second-order valence-corrected chi connectivity index (χ2v) is 3.73. The van der Waals surface area contributed by atoms with Crippen molar-refractivity contribution in [2.75, 3.05) is 13.1 Å². The highest BCUT2D eigenvalue weighted by Crippen LogP contribution is 2.13. The summed E-state index contributed by atoms with van der Waals surface area (Å²) in [6.45, 7) is 7.07. The molecule has 4 heteroatoms. The summed E-state index contributed by atoms with van der Waals surface area (Å²) in [5, 5.41) is 8.82. The van der Waals surface area contributed by atoms with E-state index in [1.54, 1.807) is 6.92 Å². The van der Waals surface area contributed by atoms with Gasteiger partial charge in [0.15, 0.2) is 0 Å². The molecule has 4 nitrogen and oxygen atoms in total. The van der Waals surface area contributed by atoms with Gasteiger partial charge in [-0.25, -0.2) is 0 Å². The van der Waals surface area contributed by atoms with Gasteiger partial charge in [0, 0.05) is 13.1 Å². The minimum absolute atomic E-state index is 0.130. The Balaban J connectivity index is 2.54. The molecular weight excluding hydrogens is 170 g/mol. The molecule has 76 valence electrons. The summed E-state index contributed by atoms with van der Waals surface area (Å²) >= 11 is 0. The van der Waals surface area contributed by atoms with Crippen molar-refractivity contribution in [3.63, 3.8) is 0 Å². The van der Waals surface area contributed by atoms with Gasteiger partial charge in [-0.2, -0.15) is 0 Å². The van der Waals surface area contributed by atoms with Crippen LogP contribution in [-0.4, -0.2) is 47.3 Å². The summed E-state index contributed by atoms with van der Waals surface area (Å²) in [5.41, 5.74) is 0. The third-order valence-corrected chi connectivity index (χ3v) is 2.35. The van der Waals surface area contributed by atoms with Gasteiger partial charge >= 0.3 is 5.97 Å². The van der Waals surface area contributed by atoms with Crippen molar-refractivity contribution in [1.82, 2.24) is 4.90 Å². The summed E-state index contributed by atoms with van der Waals surface area (Å²) < 4.78 is 5.51. The lowest BCUT2D eigenvalue weighted by Crippen LogP contribution is -2.51. The van der Waals surface area contributed by atoms with E-state index in [1.807, 2.05) is 18.7 Å². The Hall–Kier alpha value is -0.610. The predicted octanol–water partition coefficient (Wildman–Crippen LogP) is 0.569. The lowest BCUT2D eigenvalue weighted by Gasteiger charge is -2.37. The molecule has 0 aromatic carbocycles. The second kappa shape index (κ2) is 4.07. The number of carboxylic acid groups (broad SMARTS) is 1. The summed E-state index contributed by atoms with van der Waals surface area (Å²) in [5.74, 6) is -0.763. The maximum atomic E-state index is 10.7. The van der Waals surface area contributed by atoms with E-state index in [-0.39, 0.29) is 12.2 Å². The number of aliphatic carboxylic acids is 1. The molecule has 0 aromatic heterocycles. The van der Waals surface area contributed by atoms with Crippen LogP contribution in [0, 0.1) is 0 Å². The number of carbonyl (C=O) groups is 1. The minimum Gasteiger partial charge on any atom is -0.480 e. The third kappa shape index (κ3) is 2.67. The first-order valence-corrected chi connectivity index (χ1v) is 4.63. The van der Waals surface area contributed by atoms with E-state index >= 15 is 0 Å². The van der Waals surface area contributed by atoms with E-state index in [0.717, 1.165) is 0 Å². The van der Waals surface area contributed by atoms with Crippen molar-refractivity contribution < 1.29 is 14.6 Å². The number of morpholine rings is 1. The van der Waals surface area contributed by atoms with Gasteiger partial charge in [-0.05, 0) is 20.8 Å². The van der Waals surface area contributed by atoms with Crippen molar-refractivity contribution >= 4 is 5.97 Å². The van der Waals surface area contributed by atoms with Gasteiger partial charge in [0.25, 0.3) is 0 Å². The van der Waals surface area contributed by atoms with Crippen molar-refractivity contribution in [3.05, 3.63) is 0 Å². The molecule has 0 spiro atoms. The zero-order valence-electron chi connectivity index (χ0n) is 8.36. The zero-order valence-corrected chi connectivity index (χ0v) is 8.36. The van der Waals surface area contributed by atoms with Crippen LogP contribution >= 0.6 is 0 Å². The van der Waals surface area contributed by atoms with Crippen molar-refractivity contribution in [2.45, 2.75) is 39.0 Å². The molecule has 0 radical (unpaired) electrons. The van der Waals surface area contributed by atoms with Crippen LogP contribution in [0.2, 0.25) is 0 Å². The fourth-order valence-corrected chi connectivity index (χ4v) is 1.69. The molecule has 3 atom stereocenters. The average Bonchev–Trinajstić information content (AvgIpc) is 2.01. The van der Waals surface area contributed by atoms with E-state index in [9.17, 15) is 4.79 Å². The van der Waals surface area contributed by atoms with Crippen LogP contribution in [0.5, 0.6) is 0 Å². The lowest BCUT2D eigenvalue weighted by molar-refractivity contribution is -0.147. The number of carboxylic acids is 1. The van der Waals surface area contributed by atoms with E-state index in [1.165, 1.54) is 0 Å².